The van der Waals surface area contributed by atoms with Crippen LogP contribution in [0.2, 0.25) is 0 Å². The second kappa shape index (κ2) is 9.87. The summed E-state index contributed by atoms with van der Waals surface area (Å²) >= 11 is 0. The van der Waals surface area contributed by atoms with Crippen LogP contribution in [-0.2, 0) is 6.54 Å². The molecule has 26 heavy (non-hydrogen) atoms. The van der Waals surface area contributed by atoms with Crippen LogP contribution >= 0.6 is 0 Å². The highest BCUT2D eigenvalue weighted by Crippen LogP contribution is 2.13. The lowest BCUT2D eigenvalue weighted by molar-refractivity contribution is 0.0684. The lowest BCUT2D eigenvalue weighted by atomic mass is 10.1. The standard InChI is InChI=1S/C20H29N5O/c1-16(2)25(15-17-9-6-5-7-10-17)19(26)18-11-13-22-20(23-18)21-12-8-14-24(3)4/h5-7,9-11,13,16H,8,12,14-15H2,1-4H3,(H,21,22,23). The highest BCUT2D eigenvalue weighted by molar-refractivity contribution is 5.92. The summed E-state index contributed by atoms with van der Waals surface area (Å²) < 4.78 is 0. The molecule has 1 N–H and O–H groups in total. The molecule has 0 bridgehead atoms. The van der Waals surface area contributed by atoms with Crippen molar-refractivity contribution >= 4 is 11.9 Å². The molecule has 2 aromatic rings. The number of amides is 1. The van der Waals surface area contributed by atoms with Crippen molar-refractivity contribution in [3.8, 4) is 0 Å². The van der Waals surface area contributed by atoms with Crippen LogP contribution in [0, 0.1) is 0 Å². The number of carbonyl (C=O) groups is 1. The molecule has 0 aliphatic heterocycles. The van der Waals surface area contributed by atoms with Gasteiger partial charge < -0.3 is 15.1 Å². The summed E-state index contributed by atoms with van der Waals surface area (Å²) in [5.74, 6) is 0.417. The molecule has 0 saturated heterocycles. The molecule has 0 aliphatic rings. The number of nitrogens with zero attached hydrogens (tertiary/aromatic N) is 4. The minimum absolute atomic E-state index is 0.0779. The fourth-order valence-electron chi connectivity index (χ4n) is 2.57. The highest BCUT2D eigenvalue weighted by Gasteiger charge is 2.20. The van der Waals surface area contributed by atoms with Crippen molar-refractivity contribution in [2.24, 2.45) is 0 Å². The molecule has 0 fully saturated rings. The summed E-state index contributed by atoms with van der Waals surface area (Å²) in [5, 5.41) is 3.19. The first-order valence-electron chi connectivity index (χ1n) is 9.04. The Balaban J connectivity index is 2.05. The van der Waals surface area contributed by atoms with Crippen molar-refractivity contribution in [3.63, 3.8) is 0 Å². The first-order valence-corrected chi connectivity index (χ1v) is 9.04. The molecule has 1 heterocycles. The van der Waals surface area contributed by atoms with E-state index in [0.717, 1.165) is 25.1 Å². The lowest BCUT2D eigenvalue weighted by Crippen LogP contribution is -2.37. The van der Waals surface area contributed by atoms with Gasteiger partial charge in [-0.15, -0.1) is 0 Å². The molecule has 6 nitrogen and oxygen atoms in total. The summed E-state index contributed by atoms with van der Waals surface area (Å²) in [5.41, 5.74) is 1.52. The molecule has 1 aromatic carbocycles. The number of hydrogen-bond donors (Lipinski definition) is 1. The molecule has 0 unspecified atom stereocenters. The van der Waals surface area contributed by atoms with Gasteiger partial charge in [-0.2, -0.15) is 0 Å². The molecule has 0 spiro atoms. The average molecular weight is 355 g/mol. The summed E-state index contributed by atoms with van der Waals surface area (Å²) in [6.45, 7) is 6.36. The number of aromatic nitrogens is 2. The van der Waals surface area contributed by atoms with Gasteiger partial charge in [0, 0.05) is 25.3 Å². The van der Waals surface area contributed by atoms with Crippen molar-refractivity contribution in [1.82, 2.24) is 19.8 Å². The SMILES string of the molecule is CC(C)N(Cc1ccccc1)C(=O)c1ccnc(NCCCN(C)C)n1. The topological polar surface area (TPSA) is 61.4 Å². The van der Waals surface area contributed by atoms with Gasteiger partial charge in [-0.1, -0.05) is 30.3 Å². The van der Waals surface area contributed by atoms with Crippen LogP contribution in [0.4, 0.5) is 5.95 Å². The fourth-order valence-corrected chi connectivity index (χ4v) is 2.57. The van der Waals surface area contributed by atoms with Crippen molar-refractivity contribution in [2.75, 3.05) is 32.5 Å². The number of carbonyl (C=O) groups excluding carboxylic acids is 1. The first-order chi connectivity index (χ1) is 12.5. The van der Waals surface area contributed by atoms with Gasteiger partial charge in [0.1, 0.15) is 5.69 Å². The molecule has 1 amide bonds. The first kappa shape index (κ1) is 19.8. The van der Waals surface area contributed by atoms with Crippen molar-refractivity contribution < 1.29 is 4.79 Å². The lowest BCUT2D eigenvalue weighted by Gasteiger charge is -2.26. The zero-order chi connectivity index (χ0) is 18.9. The van der Waals surface area contributed by atoms with Crippen LogP contribution < -0.4 is 5.32 Å². The molecule has 1 aromatic heterocycles. The molecular weight excluding hydrogens is 326 g/mol. The number of nitrogens with one attached hydrogen (secondary N) is 1. The van der Waals surface area contributed by atoms with E-state index in [1.165, 1.54) is 0 Å². The second-order valence-electron chi connectivity index (χ2n) is 6.86. The van der Waals surface area contributed by atoms with Gasteiger partial charge in [0.2, 0.25) is 5.95 Å². The number of rotatable bonds is 9. The minimum Gasteiger partial charge on any atom is -0.354 e. The quantitative estimate of drug-likeness (QED) is 0.701. The van der Waals surface area contributed by atoms with E-state index in [0.29, 0.717) is 18.2 Å². The normalized spacial score (nSPS) is 11.0. The largest absolute Gasteiger partial charge is 0.354 e. The number of benzene rings is 1. The molecule has 6 heteroatoms. The van der Waals surface area contributed by atoms with Gasteiger partial charge in [-0.25, -0.2) is 9.97 Å². The zero-order valence-corrected chi connectivity index (χ0v) is 16.1. The van der Waals surface area contributed by atoms with Crippen molar-refractivity contribution in [3.05, 3.63) is 53.9 Å². The van der Waals surface area contributed by atoms with E-state index in [2.05, 4.69) is 20.2 Å². The van der Waals surface area contributed by atoms with E-state index in [1.54, 1.807) is 12.3 Å². The van der Waals surface area contributed by atoms with Gasteiger partial charge in [-0.05, 0) is 52.5 Å². The van der Waals surface area contributed by atoms with E-state index in [9.17, 15) is 4.79 Å². The fraction of sp³-hybridized carbons (Fsp3) is 0.450. The molecule has 2 rings (SSSR count). The van der Waals surface area contributed by atoms with Gasteiger partial charge in [0.15, 0.2) is 0 Å². The molecular formula is C20H29N5O. The van der Waals surface area contributed by atoms with Crippen LogP contribution in [0.3, 0.4) is 0 Å². The predicted molar refractivity (Wildman–Crippen MR) is 105 cm³/mol. The summed E-state index contributed by atoms with van der Waals surface area (Å²) in [7, 11) is 4.09. The third kappa shape index (κ3) is 6.11. The van der Waals surface area contributed by atoms with Gasteiger partial charge in [0.25, 0.3) is 5.91 Å². The Morgan fingerprint density at radius 1 is 1.15 bits per heavy atom. The molecule has 0 radical (unpaired) electrons. The molecule has 0 atom stereocenters. The summed E-state index contributed by atoms with van der Waals surface area (Å²) in [6.07, 6.45) is 2.62. The Morgan fingerprint density at radius 3 is 2.54 bits per heavy atom. The van der Waals surface area contributed by atoms with Crippen LogP contribution in [0.15, 0.2) is 42.6 Å². The van der Waals surface area contributed by atoms with E-state index < -0.39 is 0 Å². The van der Waals surface area contributed by atoms with Gasteiger partial charge >= 0.3 is 0 Å². The Morgan fingerprint density at radius 2 is 1.88 bits per heavy atom. The smallest absolute Gasteiger partial charge is 0.273 e. The van der Waals surface area contributed by atoms with Crippen LogP contribution in [0.1, 0.15) is 36.3 Å². The monoisotopic (exact) mass is 355 g/mol. The van der Waals surface area contributed by atoms with E-state index in [4.69, 9.17) is 0 Å². The summed E-state index contributed by atoms with van der Waals surface area (Å²) in [4.78, 5) is 25.5. The zero-order valence-electron chi connectivity index (χ0n) is 16.1. The Kier molecular flexibility index (Phi) is 7.53. The van der Waals surface area contributed by atoms with Crippen LogP contribution in [-0.4, -0.2) is 58.9 Å². The second-order valence-corrected chi connectivity index (χ2v) is 6.86. The Labute approximate surface area is 156 Å². The van der Waals surface area contributed by atoms with Crippen molar-refractivity contribution in [1.29, 1.82) is 0 Å². The maximum atomic E-state index is 13.0. The van der Waals surface area contributed by atoms with E-state index in [1.807, 2.05) is 63.2 Å². The van der Waals surface area contributed by atoms with Gasteiger partial charge in [0.05, 0.1) is 0 Å². The van der Waals surface area contributed by atoms with Crippen LogP contribution in [0.5, 0.6) is 0 Å². The number of hydrogen-bond acceptors (Lipinski definition) is 5. The Hall–Kier alpha value is -2.47. The highest BCUT2D eigenvalue weighted by atomic mass is 16.2. The maximum Gasteiger partial charge on any atom is 0.273 e. The Bertz CT molecular complexity index is 688. The third-order valence-electron chi connectivity index (χ3n) is 4.02. The number of anilines is 1. The minimum atomic E-state index is -0.0809. The van der Waals surface area contributed by atoms with Crippen molar-refractivity contribution in [2.45, 2.75) is 32.9 Å². The molecule has 0 saturated carbocycles. The van der Waals surface area contributed by atoms with E-state index >= 15 is 0 Å². The van der Waals surface area contributed by atoms with Gasteiger partial charge in [-0.3, -0.25) is 4.79 Å². The molecule has 0 aliphatic carbocycles. The average Bonchev–Trinajstić information content (AvgIpc) is 2.63. The van der Waals surface area contributed by atoms with Crippen LogP contribution in [0.25, 0.3) is 0 Å². The van der Waals surface area contributed by atoms with E-state index in [-0.39, 0.29) is 11.9 Å². The summed E-state index contributed by atoms with van der Waals surface area (Å²) in [6, 6.07) is 11.8. The third-order valence-corrected chi connectivity index (χ3v) is 4.02. The maximum absolute atomic E-state index is 13.0. The predicted octanol–water partition coefficient (Wildman–Crippen LogP) is 2.89. The molecule has 140 valence electrons.